The van der Waals surface area contributed by atoms with Crippen LogP contribution in [0.15, 0.2) is 30.0 Å². The summed E-state index contributed by atoms with van der Waals surface area (Å²) in [6.07, 6.45) is 1.87. The van der Waals surface area contributed by atoms with Gasteiger partial charge in [0.2, 0.25) is 0 Å². The number of anilines is 1. The fourth-order valence-corrected chi connectivity index (χ4v) is 1.90. The van der Waals surface area contributed by atoms with Crippen LogP contribution in [0.4, 0.5) is 5.69 Å². The molecular weight excluding hydrogens is 318 g/mol. The second-order valence-corrected chi connectivity index (χ2v) is 4.85. The van der Waals surface area contributed by atoms with Gasteiger partial charge in [0.15, 0.2) is 5.57 Å². The highest BCUT2D eigenvalue weighted by Gasteiger charge is 2.13. The second-order valence-electron chi connectivity index (χ2n) is 4.48. The average molecular weight is 336 g/mol. The third kappa shape index (κ3) is 5.31. The maximum Gasteiger partial charge on any atom is 0.350 e. The summed E-state index contributed by atoms with van der Waals surface area (Å²) >= 11 is 6.18. The number of carbonyl (C=O) groups excluding carboxylic acids is 2. The number of ether oxygens (including phenoxy) is 1. The number of rotatable bonds is 7. The van der Waals surface area contributed by atoms with E-state index in [9.17, 15) is 9.59 Å². The molecule has 0 aromatic heterocycles. The van der Waals surface area contributed by atoms with Gasteiger partial charge in [-0.1, -0.05) is 24.6 Å². The number of nitrogens with one attached hydrogen (secondary N) is 2. The number of halogens is 1. The molecule has 0 atom stereocenters. The maximum atomic E-state index is 11.9. The molecular formula is C16H18ClN3O3. The Kier molecular flexibility index (Phi) is 7.64. The van der Waals surface area contributed by atoms with Crippen molar-refractivity contribution in [2.45, 2.75) is 20.3 Å². The van der Waals surface area contributed by atoms with Crippen molar-refractivity contribution in [3.8, 4) is 6.07 Å². The molecule has 1 rings (SSSR count). The molecule has 7 heteroatoms. The zero-order valence-corrected chi connectivity index (χ0v) is 13.7. The molecule has 0 spiro atoms. The largest absolute Gasteiger partial charge is 0.462 e. The molecule has 2 N–H and O–H groups in total. The Labute approximate surface area is 140 Å². The van der Waals surface area contributed by atoms with E-state index in [1.807, 2.05) is 6.92 Å². The third-order valence-electron chi connectivity index (χ3n) is 2.73. The molecule has 0 bridgehead atoms. The summed E-state index contributed by atoms with van der Waals surface area (Å²) in [5, 5.41) is 14.6. The number of hydrogen-bond donors (Lipinski definition) is 2. The first-order valence-corrected chi connectivity index (χ1v) is 7.53. The molecule has 1 aromatic rings. The molecule has 23 heavy (non-hydrogen) atoms. The monoisotopic (exact) mass is 335 g/mol. The van der Waals surface area contributed by atoms with Crippen molar-refractivity contribution in [3.05, 3.63) is 40.6 Å². The van der Waals surface area contributed by atoms with E-state index in [1.165, 1.54) is 6.20 Å². The van der Waals surface area contributed by atoms with Gasteiger partial charge >= 0.3 is 5.97 Å². The van der Waals surface area contributed by atoms with Crippen molar-refractivity contribution in [2.24, 2.45) is 0 Å². The van der Waals surface area contributed by atoms with Crippen LogP contribution >= 0.6 is 11.6 Å². The number of amides is 1. The number of nitriles is 1. The summed E-state index contributed by atoms with van der Waals surface area (Å²) < 4.78 is 4.89. The molecule has 122 valence electrons. The summed E-state index contributed by atoms with van der Waals surface area (Å²) in [5.41, 5.74) is 0.531. The first-order valence-electron chi connectivity index (χ1n) is 7.15. The van der Waals surface area contributed by atoms with Gasteiger partial charge < -0.3 is 15.4 Å². The quantitative estimate of drug-likeness (QED) is 0.454. The number of carbonyl (C=O) groups is 2. The van der Waals surface area contributed by atoms with E-state index in [2.05, 4.69) is 10.6 Å². The van der Waals surface area contributed by atoms with Crippen LogP contribution in [0.5, 0.6) is 0 Å². The normalized spacial score (nSPS) is 10.6. The van der Waals surface area contributed by atoms with Gasteiger partial charge in [-0.05, 0) is 25.5 Å². The molecule has 0 saturated carbocycles. The zero-order chi connectivity index (χ0) is 17.2. The van der Waals surface area contributed by atoms with Crippen LogP contribution in [-0.2, 0) is 9.53 Å². The molecule has 0 aliphatic heterocycles. The minimum absolute atomic E-state index is 0.182. The van der Waals surface area contributed by atoms with Crippen LogP contribution < -0.4 is 10.6 Å². The number of hydrogen-bond acceptors (Lipinski definition) is 5. The molecule has 0 heterocycles. The Hall–Kier alpha value is -2.52. The van der Waals surface area contributed by atoms with E-state index in [4.69, 9.17) is 21.6 Å². The summed E-state index contributed by atoms with van der Waals surface area (Å²) in [7, 11) is 0. The maximum absolute atomic E-state index is 11.9. The summed E-state index contributed by atoms with van der Waals surface area (Å²) in [6.45, 7) is 4.38. The molecule has 0 aliphatic carbocycles. The highest BCUT2D eigenvalue weighted by Crippen LogP contribution is 2.26. The standard InChI is InChI=1S/C16H18ClN3O3/c1-3-8-23-16(22)11(9-18)10-20-13-7-5-6-12(14(13)17)15(21)19-4-2/h5-7,10,20H,3-4,8H2,1-2H3,(H,19,21). The number of esters is 1. The van der Waals surface area contributed by atoms with Gasteiger partial charge in [0.1, 0.15) is 6.07 Å². The highest BCUT2D eigenvalue weighted by atomic mass is 35.5. The lowest BCUT2D eigenvalue weighted by Crippen LogP contribution is -2.23. The van der Waals surface area contributed by atoms with E-state index in [0.717, 1.165) is 0 Å². The van der Waals surface area contributed by atoms with Crippen LogP contribution in [-0.4, -0.2) is 25.0 Å². The van der Waals surface area contributed by atoms with Crippen molar-refractivity contribution in [1.82, 2.24) is 5.32 Å². The summed E-state index contributed by atoms with van der Waals surface area (Å²) in [6, 6.07) is 6.63. The minimum atomic E-state index is -0.710. The second kappa shape index (κ2) is 9.49. The fourth-order valence-electron chi connectivity index (χ4n) is 1.63. The van der Waals surface area contributed by atoms with Gasteiger partial charge in [-0.3, -0.25) is 4.79 Å². The Morgan fingerprint density at radius 1 is 1.39 bits per heavy atom. The van der Waals surface area contributed by atoms with Gasteiger partial charge in [0, 0.05) is 12.7 Å². The first kappa shape index (κ1) is 18.5. The van der Waals surface area contributed by atoms with Gasteiger partial charge in [0.25, 0.3) is 5.91 Å². The van der Waals surface area contributed by atoms with E-state index in [0.29, 0.717) is 24.2 Å². The Morgan fingerprint density at radius 2 is 2.13 bits per heavy atom. The average Bonchev–Trinajstić information content (AvgIpc) is 2.54. The molecule has 1 aromatic carbocycles. The molecule has 0 unspecified atom stereocenters. The van der Waals surface area contributed by atoms with Crippen molar-refractivity contribution in [2.75, 3.05) is 18.5 Å². The SMILES string of the molecule is CCCOC(=O)C(C#N)=CNc1cccc(C(=O)NCC)c1Cl. The van der Waals surface area contributed by atoms with Gasteiger partial charge in [-0.25, -0.2) is 4.79 Å². The Morgan fingerprint density at radius 3 is 2.74 bits per heavy atom. The third-order valence-corrected chi connectivity index (χ3v) is 3.14. The van der Waals surface area contributed by atoms with Crippen LogP contribution in [0.1, 0.15) is 30.6 Å². The summed E-state index contributed by atoms with van der Waals surface area (Å²) in [5.74, 6) is -1.01. The lowest BCUT2D eigenvalue weighted by molar-refractivity contribution is -0.138. The Bertz CT molecular complexity index is 650. The first-order chi connectivity index (χ1) is 11.0. The molecule has 0 saturated heterocycles. The lowest BCUT2D eigenvalue weighted by atomic mass is 10.2. The molecule has 0 radical (unpaired) electrons. The molecule has 0 aliphatic rings. The van der Waals surface area contributed by atoms with Gasteiger partial charge in [-0.15, -0.1) is 0 Å². The smallest absolute Gasteiger partial charge is 0.350 e. The van der Waals surface area contributed by atoms with Crippen molar-refractivity contribution >= 4 is 29.2 Å². The van der Waals surface area contributed by atoms with E-state index >= 15 is 0 Å². The predicted molar refractivity (Wildman–Crippen MR) is 88.0 cm³/mol. The number of nitrogens with zero attached hydrogens (tertiary/aromatic N) is 1. The molecule has 1 amide bonds. The van der Waals surface area contributed by atoms with Crippen LogP contribution in [0, 0.1) is 11.3 Å². The molecule has 0 fully saturated rings. The number of benzene rings is 1. The van der Waals surface area contributed by atoms with Crippen LogP contribution in [0.25, 0.3) is 0 Å². The lowest BCUT2D eigenvalue weighted by Gasteiger charge is -2.09. The Balaban J connectivity index is 2.94. The highest BCUT2D eigenvalue weighted by molar-refractivity contribution is 6.36. The van der Waals surface area contributed by atoms with Crippen LogP contribution in [0.2, 0.25) is 5.02 Å². The zero-order valence-electron chi connectivity index (χ0n) is 13.0. The van der Waals surface area contributed by atoms with E-state index < -0.39 is 5.97 Å². The minimum Gasteiger partial charge on any atom is -0.462 e. The van der Waals surface area contributed by atoms with Crippen molar-refractivity contribution in [1.29, 1.82) is 5.26 Å². The molecule has 6 nitrogen and oxygen atoms in total. The van der Waals surface area contributed by atoms with Crippen molar-refractivity contribution in [3.63, 3.8) is 0 Å². The topological polar surface area (TPSA) is 91.2 Å². The van der Waals surface area contributed by atoms with Crippen LogP contribution in [0.3, 0.4) is 0 Å². The van der Waals surface area contributed by atoms with E-state index in [1.54, 1.807) is 31.2 Å². The fraction of sp³-hybridized carbons (Fsp3) is 0.312. The van der Waals surface area contributed by atoms with Gasteiger partial charge in [0.05, 0.1) is 22.9 Å². The van der Waals surface area contributed by atoms with Crippen molar-refractivity contribution < 1.29 is 14.3 Å². The van der Waals surface area contributed by atoms with Gasteiger partial charge in [-0.2, -0.15) is 5.26 Å². The predicted octanol–water partition coefficient (Wildman–Crippen LogP) is 2.86. The summed E-state index contributed by atoms with van der Waals surface area (Å²) in [4.78, 5) is 23.5. The van der Waals surface area contributed by atoms with E-state index in [-0.39, 0.29) is 23.1 Å².